The van der Waals surface area contributed by atoms with E-state index in [0.717, 1.165) is 0 Å². The number of ether oxygens (including phenoxy) is 1. The van der Waals surface area contributed by atoms with Crippen molar-refractivity contribution in [2.75, 3.05) is 13.7 Å². The summed E-state index contributed by atoms with van der Waals surface area (Å²) in [7, 11) is 1.42. The largest absolute Gasteiger partial charge is 0.381 e. The summed E-state index contributed by atoms with van der Waals surface area (Å²) in [6, 6.07) is 0. The van der Waals surface area contributed by atoms with Gasteiger partial charge in [-0.3, -0.25) is 4.79 Å². The molecule has 1 atom stereocenters. The van der Waals surface area contributed by atoms with Crippen LogP contribution in [-0.2, 0) is 9.53 Å². The number of hydrogen-bond donors (Lipinski definition) is 2. The van der Waals surface area contributed by atoms with Gasteiger partial charge in [-0.2, -0.15) is 0 Å². The van der Waals surface area contributed by atoms with Gasteiger partial charge in [0, 0.05) is 7.11 Å². The molecule has 0 spiro atoms. The number of aliphatic hydroxyl groups is 1. The number of amides is 1. The van der Waals surface area contributed by atoms with Crippen molar-refractivity contribution < 1.29 is 14.6 Å². The average molecular weight is 161 g/mol. The third-order valence-corrected chi connectivity index (χ3v) is 1.51. The SMILES string of the molecule is CCCC(O)(COC)C(N)=O. The normalized spacial score (nSPS) is 15.9. The Morgan fingerprint density at radius 1 is 1.73 bits per heavy atom. The minimum absolute atomic E-state index is 0.0316. The molecule has 3 N–H and O–H groups in total. The Kier molecular flexibility index (Phi) is 4.07. The molecule has 0 saturated carbocycles. The highest BCUT2D eigenvalue weighted by Gasteiger charge is 2.32. The van der Waals surface area contributed by atoms with Crippen molar-refractivity contribution in [1.82, 2.24) is 0 Å². The minimum Gasteiger partial charge on any atom is -0.381 e. The van der Waals surface area contributed by atoms with Gasteiger partial charge in [-0.15, -0.1) is 0 Å². The van der Waals surface area contributed by atoms with Crippen molar-refractivity contribution in [2.24, 2.45) is 5.73 Å². The second-order valence-electron chi connectivity index (χ2n) is 2.58. The van der Waals surface area contributed by atoms with Crippen LogP contribution in [0.4, 0.5) is 0 Å². The van der Waals surface area contributed by atoms with Crippen molar-refractivity contribution in [3.05, 3.63) is 0 Å². The van der Waals surface area contributed by atoms with E-state index < -0.39 is 11.5 Å². The Bertz CT molecular complexity index is 130. The van der Waals surface area contributed by atoms with Crippen molar-refractivity contribution >= 4 is 5.91 Å². The quantitative estimate of drug-likeness (QED) is 0.578. The molecule has 0 aromatic heterocycles. The van der Waals surface area contributed by atoms with E-state index in [-0.39, 0.29) is 6.61 Å². The molecule has 1 amide bonds. The zero-order valence-electron chi connectivity index (χ0n) is 6.96. The minimum atomic E-state index is -1.48. The van der Waals surface area contributed by atoms with Crippen LogP contribution >= 0.6 is 0 Å². The first-order chi connectivity index (χ1) is 5.06. The number of rotatable bonds is 5. The van der Waals surface area contributed by atoms with Crippen LogP contribution in [0.5, 0.6) is 0 Å². The predicted molar refractivity (Wildman–Crippen MR) is 40.9 cm³/mol. The van der Waals surface area contributed by atoms with E-state index in [1.54, 1.807) is 0 Å². The second kappa shape index (κ2) is 4.31. The van der Waals surface area contributed by atoms with Gasteiger partial charge in [-0.05, 0) is 6.42 Å². The van der Waals surface area contributed by atoms with E-state index in [4.69, 9.17) is 5.73 Å². The van der Waals surface area contributed by atoms with Crippen LogP contribution in [0.15, 0.2) is 0 Å². The van der Waals surface area contributed by atoms with Gasteiger partial charge in [0.1, 0.15) is 0 Å². The summed E-state index contributed by atoms with van der Waals surface area (Å²) < 4.78 is 4.67. The lowest BCUT2D eigenvalue weighted by atomic mass is 9.99. The molecule has 0 fully saturated rings. The van der Waals surface area contributed by atoms with Gasteiger partial charge in [-0.25, -0.2) is 0 Å². The molecule has 0 saturated heterocycles. The first kappa shape index (κ1) is 10.4. The molecule has 66 valence electrons. The van der Waals surface area contributed by atoms with E-state index in [1.165, 1.54) is 7.11 Å². The Labute approximate surface area is 66.3 Å². The molecule has 0 bridgehead atoms. The highest BCUT2D eigenvalue weighted by Crippen LogP contribution is 2.11. The van der Waals surface area contributed by atoms with Crippen LogP contribution in [0.2, 0.25) is 0 Å². The average Bonchev–Trinajstić information content (AvgIpc) is 1.88. The molecule has 0 aliphatic heterocycles. The fraction of sp³-hybridized carbons (Fsp3) is 0.857. The fourth-order valence-corrected chi connectivity index (χ4v) is 0.919. The van der Waals surface area contributed by atoms with E-state index in [2.05, 4.69) is 4.74 Å². The zero-order chi connectivity index (χ0) is 8.91. The molecular formula is C7H15NO3. The molecular weight excluding hydrogens is 146 g/mol. The predicted octanol–water partition coefficient (Wildman–Crippen LogP) is -0.351. The molecule has 0 rings (SSSR count). The topological polar surface area (TPSA) is 72.6 Å². The number of methoxy groups -OCH3 is 1. The van der Waals surface area contributed by atoms with Crippen LogP contribution < -0.4 is 5.73 Å². The van der Waals surface area contributed by atoms with Gasteiger partial charge in [-0.1, -0.05) is 13.3 Å². The van der Waals surface area contributed by atoms with E-state index in [1.807, 2.05) is 6.92 Å². The molecule has 4 nitrogen and oxygen atoms in total. The van der Waals surface area contributed by atoms with E-state index >= 15 is 0 Å². The Morgan fingerprint density at radius 2 is 2.27 bits per heavy atom. The lowest BCUT2D eigenvalue weighted by Crippen LogP contribution is -2.47. The van der Waals surface area contributed by atoms with Crippen LogP contribution in [0.1, 0.15) is 19.8 Å². The van der Waals surface area contributed by atoms with Crippen LogP contribution in [-0.4, -0.2) is 30.3 Å². The molecule has 0 aliphatic rings. The first-order valence-corrected chi connectivity index (χ1v) is 3.58. The third-order valence-electron chi connectivity index (χ3n) is 1.51. The Morgan fingerprint density at radius 3 is 2.55 bits per heavy atom. The van der Waals surface area contributed by atoms with Crippen molar-refractivity contribution in [3.63, 3.8) is 0 Å². The van der Waals surface area contributed by atoms with Crippen LogP contribution in [0.3, 0.4) is 0 Å². The summed E-state index contributed by atoms with van der Waals surface area (Å²) in [5, 5.41) is 9.49. The molecule has 0 radical (unpaired) electrons. The van der Waals surface area contributed by atoms with Gasteiger partial charge < -0.3 is 15.6 Å². The van der Waals surface area contributed by atoms with E-state index in [9.17, 15) is 9.90 Å². The smallest absolute Gasteiger partial charge is 0.251 e. The number of carbonyl (C=O) groups is 1. The monoisotopic (exact) mass is 161 g/mol. The molecule has 0 aromatic rings. The van der Waals surface area contributed by atoms with Crippen molar-refractivity contribution in [3.8, 4) is 0 Å². The third kappa shape index (κ3) is 2.86. The lowest BCUT2D eigenvalue weighted by molar-refractivity contribution is -0.142. The maximum absolute atomic E-state index is 10.7. The van der Waals surface area contributed by atoms with Gasteiger partial charge in [0.05, 0.1) is 6.61 Å². The summed E-state index contributed by atoms with van der Waals surface area (Å²) in [5.74, 6) is -0.721. The maximum atomic E-state index is 10.7. The summed E-state index contributed by atoms with van der Waals surface area (Å²) in [4.78, 5) is 10.7. The Balaban J connectivity index is 4.13. The van der Waals surface area contributed by atoms with Gasteiger partial charge in [0.2, 0.25) is 0 Å². The lowest BCUT2D eigenvalue weighted by Gasteiger charge is -2.22. The van der Waals surface area contributed by atoms with Gasteiger partial charge >= 0.3 is 0 Å². The van der Waals surface area contributed by atoms with Gasteiger partial charge in [0.15, 0.2) is 5.60 Å². The second-order valence-corrected chi connectivity index (χ2v) is 2.58. The van der Waals surface area contributed by atoms with Crippen LogP contribution in [0.25, 0.3) is 0 Å². The summed E-state index contributed by atoms with van der Waals surface area (Å²) in [5.41, 5.74) is 3.49. The molecule has 4 heteroatoms. The highest BCUT2D eigenvalue weighted by atomic mass is 16.5. The summed E-state index contributed by atoms with van der Waals surface area (Å²) in [6.07, 6.45) is 1.04. The van der Waals surface area contributed by atoms with E-state index in [0.29, 0.717) is 12.8 Å². The van der Waals surface area contributed by atoms with Gasteiger partial charge in [0.25, 0.3) is 5.91 Å². The molecule has 0 heterocycles. The summed E-state index contributed by atoms with van der Waals surface area (Å²) in [6.45, 7) is 1.83. The molecule has 0 aromatic carbocycles. The summed E-state index contributed by atoms with van der Waals surface area (Å²) >= 11 is 0. The number of hydrogen-bond acceptors (Lipinski definition) is 3. The molecule has 0 aliphatic carbocycles. The van der Waals surface area contributed by atoms with Crippen molar-refractivity contribution in [2.45, 2.75) is 25.4 Å². The zero-order valence-corrected chi connectivity index (χ0v) is 6.96. The molecule has 11 heavy (non-hydrogen) atoms. The Hall–Kier alpha value is -0.610. The number of carbonyl (C=O) groups excluding carboxylic acids is 1. The van der Waals surface area contributed by atoms with Crippen LogP contribution in [0, 0.1) is 0 Å². The highest BCUT2D eigenvalue weighted by molar-refractivity contribution is 5.83. The van der Waals surface area contributed by atoms with Crippen molar-refractivity contribution in [1.29, 1.82) is 0 Å². The number of nitrogens with two attached hydrogens (primary N) is 1. The standard InChI is InChI=1S/C7H15NO3/c1-3-4-7(10,5-11-2)6(8)9/h10H,3-5H2,1-2H3,(H2,8,9). The number of primary amides is 1. The molecule has 1 unspecified atom stereocenters. The maximum Gasteiger partial charge on any atom is 0.251 e. The fourth-order valence-electron chi connectivity index (χ4n) is 0.919. The first-order valence-electron chi connectivity index (χ1n) is 3.58.